The molecule has 3 unspecified atom stereocenters. The molecule has 7 rings (SSSR count). The number of nitrogen functional groups attached to an aromatic ring is 1. The fraction of sp³-hybridized carbons (Fsp3) is 0.400. The monoisotopic (exact) mass is 731 g/mol. The van der Waals surface area contributed by atoms with Crippen molar-refractivity contribution in [2.45, 2.75) is 49.2 Å². The van der Waals surface area contributed by atoms with E-state index in [-0.39, 0.29) is 22.5 Å². The lowest BCUT2D eigenvalue weighted by Gasteiger charge is -2.26. The third-order valence-corrected chi connectivity index (χ3v) is 10.4. The third-order valence-electron chi connectivity index (χ3n) is 7.83. The van der Waals surface area contributed by atoms with Crippen LogP contribution in [-0.4, -0.2) is 88.8 Å². The van der Waals surface area contributed by atoms with Crippen LogP contribution in [0.3, 0.4) is 0 Å². The second kappa shape index (κ2) is 12.5. The van der Waals surface area contributed by atoms with E-state index >= 15 is 8.78 Å². The first-order valence-electron chi connectivity index (χ1n) is 14.1. The van der Waals surface area contributed by atoms with Crippen LogP contribution in [0.5, 0.6) is 0 Å². The fourth-order valence-electron chi connectivity index (χ4n) is 5.60. The van der Waals surface area contributed by atoms with Gasteiger partial charge >= 0.3 is 20.2 Å². The molecule has 0 amide bonds. The summed E-state index contributed by atoms with van der Waals surface area (Å²) in [6.45, 7) is -6.14. The molecule has 1 aromatic carbocycles. The highest BCUT2D eigenvalue weighted by Gasteiger charge is 2.54. The molecule has 3 fully saturated rings. The van der Waals surface area contributed by atoms with Crippen molar-refractivity contribution in [3.05, 3.63) is 70.0 Å². The van der Waals surface area contributed by atoms with Crippen molar-refractivity contribution in [2.24, 2.45) is 0 Å². The molecule has 3 aliphatic rings. The summed E-state index contributed by atoms with van der Waals surface area (Å²) in [6.07, 6.45) is -11.3. The van der Waals surface area contributed by atoms with Crippen molar-refractivity contribution in [1.29, 1.82) is 0 Å². The van der Waals surface area contributed by atoms with Gasteiger partial charge in [0.2, 0.25) is 0 Å². The zero-order chi connectivity index (χ0) is 34.0. The maximum Gasteiger partial charge on any atom is 0.472 e. The number of halogens is 2. The molecule has 23 heteroatoms. The Labute approximate surface area is 272 Å². The molecule has 3 aliphatic heterocycles. The van der Waals surface area contributed by atoms with Gasteiger partial charge < -0.3 is 29.5 Å². The van der Waals surface area contributed by atoms with Crippen molar-refractivity contribution >= 4 is 43.3 Å². The predicted octanol–water partition coefficient (Wildman–Crippen LogP) is 1.23. The van der Waals surface area contributed by atoms with Crippen molar-refractivity contribution in [3.63, 3.8) is 0 Å². The summed E-state index contributed by atoms with van der Waals surface area (Å²) >= 11 is 5.09. The van der Waals surface area contributed by atoms with Gasteiger partial charge in [0, 0.05) is 6.20 Å². The van der Waals surface area contributed by atoms with E-state index in [1.54, 1.807) is 30.3 Å². The number of benzene rings is 1. The first kappa shape index (κ1) is 33.2. The molecule has 18 nitrogen and oxygen atoms in total. The van der Waals surface area contributed by atoms with Crippen LogP contribution in [0.2, 0.25) is 0 Å². The van der Waals surface area contributed by atoms with E-state index in [0.29, 0.717) is 5.56 Å². The van der Waals surface area contributed by atoms with Crippen LogP contribution >= 0.6 is 14.5 Å². The van der Waals surface area contributed by atoms with E-state index in [4.69, 9.17) is 45.1 Å². The molecule has 0 saturated carbocycles. The Bertz CT molecular complexity index is 2070. The smallest absolute Gasteiger partial charge is 0.382 e. The minimum atomic E-state index is -5.26. The van der Waals surface area contributed by atoms with E-state index in [1.165, 1.54) is 10.9 Å². The van der Waals surface area contributed by atoms with Crippen molar-refractivity contribution < 1.29 is 50.7 Å². The third kappa shape index (κ3) is 6.16. The first-order valence-corrected chi connectivity index (χ1v) is 18.1. The maximum atomic E-state index is 16.0. The number of hydrogen-bond donors (Lipinski definition) is 4. The number of alkyl halides is 2. The normalized spacial score (nSPS) is 35.8. The minimum Gasteiger partial charge on any atom is -0.382 e. The molecule has 48 heavy (non-hydrogen) atoms. The van der Waals surface area contributed by atoms with Gasteiger partial charge in [0.05, 0.1) is 25.1 Å². The molecule has 256 valence electrons. The Hall–Kier alpha value is -3.33. The molecule has 0 radical (unpaired) electrons. The molecule has 6 heterocycles. The lowest BCUT2D eigenvalue weighted by molar-refractivity contribution is -0.0664. The van der Waals surface area contributed by atoms with Crippen LogP contribution in [0, 0.1) is 0 Å². The lowest BCUT2D eigenvalue weighted by Crippen LogP contribution is -2.38. The number of aromatic nitrogens is 6. The lowest BCUT2D eigenvalue weighted by atomic mass is 10.1. The Kier molecular flexibility index (Phi) is 8.66. The minimum absolute atomic E-state index is 0.00802. The van der Waals surface area contributed by atoms with Gasteiger partial charge in [-0.1, -0.05) is 30.3 Å². The van der Waals surface area contributed by atoms with Gasteiger partial charge in [0.15, 0.2) is 36.3 Å². The number of ether oxygens (including phenoxy) is 2. The van der Waals surface area contributed by atoms with E-state index in [2.05, 4.69) is 19.9 Å². The molecule has 0 spiro atoms. The summed E-state index contributed by atoms with van der Waals surface area (Å²) < 4.78 is 79.7. The van der Waals surface area contributed by atoms with Crippen LogP contribution in [0.25, 0.3) is 22.3 Å². The molecular formula is C25H25F2N7O11P2S. The Morgan fingerprint density at radius 1 is 0.938 bits per heavy atom. The Balaban J connectivity index is 1.21. The van der Waals surface area contributed by atoms with Gasteiger partial charge in [-0.15, -0.1) is 0 Å². The largest absolute Gasteiger partial charge is 0.472 e. The van der Waals surface area contributed by atoms with E-state index < -0.39 is 88.2 Å². The highest BCUT2D eigenvalue weighted by molar-refractivity contribution is 8.07. The SMILES string of the molecule is Nc1ncnc2c1ncn2[C@@H]1O[C@@H]2COP(=O)(O)O[C@@H]3[C@H](F)[C@@H](COP(O)(=S)O[C@H]2C1F)O[C@H]3n1cc(-c2ccccc2)c(=O)[nH]c1=O. The van der Waals surface area contributed by atoms with E-state index in [1.807, 2.05) is 0 Å². The number of nitrogens with zero attached hydrogens (tertiary/aromatic N) is 5. The second-order valence-electron chi connectivity index (χ2n) is 10.8. The summed E-state index contributed by atoms with van der Waals surface area (Å²) in [6, 6.07) is 8.16. The molecule has 5 N–H and O–H groups in total. The maximum absolute atomic E-state index is 16.0. The van der Waals surface area contributed by atoms with Crippen LogP contribution in [0.15, 0.2) is 58.8 Å². The number of imidazole rings is 1. The number of phosphoric ester groups is 1. The molecule has 4 aromatic rings. The summed E-state index contributed by atoms with van der Waals surface area (Å²) in [5, 5.41) is 0. The Morgan fingerprint density at radius 3 is 2.44 bits per heavy atom. The number of H-pyrrole nitrogens is 1. The summed E-state index contributed by atoms with van der Waals surface area (Å²) in [5.41, 5.74) is 4.62. The van der Waals surface area contributed by atoms with Gasteiger partial charge in [0.25, 0.3) is 5.56 Å². The first-order chi connectivity index (χ1) is 22.8. The quantitative estimate of drug-likeness (QED) is 0.217. The van der Waals surface area contributed by atoms with Gasteiger partial charge in [-0.2, -0.15) is 0 Å². The number of nitrogens with two attached hydrogens (primary N) is 1. The Morgan fingerprint density at radius 2 is 1.67 bits per heavy atom. The summed E-state index contributed by atoms with van der Waals surface area (Å²) in [7, 11) is -5.26. The number of fused-ring (bicyclic) bond motifs is 4. The van der Waals surface area contributed by atoms with Crippen LogP contribution < -0.4 is 17.0 Å². The summed E-state index contributed by atoms with van der Waals surface area (Å²) in [5.74, 6) is 0.00802. The molecule has 3 saturated heterocycles. The number of nitrogens with one attached hydrogen (secondary N) is 1. The highest BCUT2D eigenvalue weighted by Crippen LogP contribution is 2.54. The van der Waals surface area contributed by atoms with Crippen LogP contribution in [0.4, 0.5) is 14.6 Å². The van der Waals surface area contributed by atoms with Gasteiger partial charge in [-0.05, 0) is 17.4 Å². The number of anilines is 1. The molecule has 2 bridgehead atoms. The molecule has 10 atom stereocenters. The second-order valence-corrected chi connectivity index (χ2v) is 15.0. The zero-order valence-electron chi connectivity index (χ0n) is 24.1. The number of hydrogen-bond acceptors (Lipinski definition) is 14. The number of rotatable bonds is 3. The van der Waals surface area contributed by atoms with E-state index in [0.717, 1.165) is 17.1 Å². The fourth-order valence-corrected chi connectivity index (χ4v) is 7.96. The van der Waals surface area contributed by atoms with Crippen LogP contribution in [0.1, 0.15) is 12.5 Å². The van der Waals surface area contributed by atoms with Gasteiger partial charge in [0.1, 0.15) is 36.3 Å². The van der Waals surface area contributed by atoms with E-state index in [9.17, 15) is 23.9 Å². The molecular weight excluding hydrogens is 706 g/mol. The standard InChI is InChI=1S/C25H25F2N7O11P2S/c26-15-13-7-41-47(39,48)45-18-14(43-23(16(18)27)34-10-31-17-20(28)29-9-30-21(17)34)8-40-46(37,38)44-19(15)24(42-13)33-6-12(22(35)32-25(33)36)11-4-2-1-3-5-11/h1-6,9-10,13-16,18-19,23-24H,7-8H2,(H,37,38)(H,39,48)(H2,28,29,30)(H,32,35,36)/t13-,14-,15-,16?,18-,19-,23-,24-,47?/m1/s1. The van der Waals surface area contributed by atoms with Gasteiger partial charge in [-0.3, -0.25) is 32.5 Å². The van der Waals surface area contributed by atoms with Crippen molar-refractivity contribution in [2.75, 3.05) is 18.9 Å². The predicted molar refractivity (Wildman–Crippen MR) is 162 cm³/mol. The van der Waals surface area contributed by atoms with Crippen molar-refractivity contribution in [3.8, 4) is 11.1 Å². The number of aromatic amines is 1. The zero-order valence-corrected chi connectivity index (χ0v) is 26.7. The van der Waals surface area contributed by atoms with Crippen LogP contribution in [-0.2, 0) is 43.9 Å². The van der Waals surface area contributed by atoms with Crippen molar-refractivity contribution in [1.82, 2.24) is 29.1 Å². The average molecular weight is 732 g/mol. The average Bonchev–Trinajstić information content (AvgIpc) is 3.70. The van der Waals surface area contributed by atoms with Gasteiger partial charge in [-0.25, -0.2) is 33.1 Å². The highest BCUT2D eigenvalue weighted by atomic mass is 32.5. The molecule has 3 aromatic heterocycles. The number of phosphoric acid groups is 1. The molecule has 0 aliphatic carbocycles. The topological polar surface area (TPSA) is 237 Å². The summed E-state index contributed by atoms with van der Waals surface area (Å²) in [4.78, 5) is 61.2.